The van der Waals surface area contributed by atoms with Crippen LogP contribution in [0.4, 0.5) is 0 Å². The van der Waals surface area contributed by atoms with Crippen molar-refractivity contribution in [3.05, 3.63) is 34.9 Å². The molecule has 1 aliphatic heterocycles. The Labute approximate surface area is 109 Å². The summed E-state index contributed by atoms with van der Waals surface area (Å²) in [7, 11) is 0. The zero-order valence-electron chi connectivity index (χ0n) is 10.8. The van der Waals surface area contributed by atoms with Crippen LogP contribution in [0, 0.1) is 6.92 Å². The number of rotatable bonds is 3. The maximum absolute atomic E-state index is 5.66. The molecule has 1 aromatic rings. The molecule has 94 valence electrons. The van der Waals surface area contributed by atoms with Crippen molar-refractivity contribution in [3.63, 3.8) is 0 Å². The van der Waals surface area contributed by atoms with Crippen molar-refractivity contribution in [2.45, 2.75) is 33.0 Å². The third kappa shape index (κ3) is 3.24. The van der Waals surface area contributed by atoms with Crippen LogP contribution in [0.25, 0.3) is 0 Å². The standard InChI is InChI=1S/C14H22N2S/c1-11-7-13(8-15)3-4-14(11)9-16-5-6-17-10-12(16)2/h3-4,7,12H,5-6,8-10,15H2,1-2H3. The molecule has 0 aliphatic carbocycles. The lowest BCUT2D eigenvalue weighted by Crippen LogP contribution is -2.39. The second-order valence-electron chi connectivity index (χ2n) is 4.86. The molecule has 0 saturated carbocycles. The van der Waals surface area contributed by atoms with Gasteiger partial charge in [-0.3, -0.25) is 4.90 Å². The second-order valence-corrected chi connectivity index (χ2v) is 6.01. The minimum atomic E-state index is 0.637. The van der Waals surface area contributed by atoms with E-state index < -0.39 is 0 Å². The monoisotopic (exact) mass is 250 g/mol. The number of benzene rings is 1. The van der Waals surface area contributed by atoms with E-state index in [4.69, 9.17) is 5.73 Å². The molecule has 2 nitrogen and oxygen atoms in total. The highest BCUT2D eigenvalue weighted by molar-refractivity contribution is 7.99. The van der Waals surface area contributed by atoms with E-state index in [0.717, 1.165) is 6.54 Å². The smallest absolute Gasteiger partial charge is 0.0239 e. The Morgan fingerprint density at radius 1 is 1.47 bits per heavy atom. The van der Waals surface area contributed by atoms with Crippen molar-refractivity contribution < 1.29 is 0 Å². The summed E-state index contributed by atoms with van der Waals surface area (Å²) in [6.45, 7) is 7.45. The Balaban J connectivity index is 2.07. The van der Waals surface area contributed by atoms with Gasteiger partial charge in [0.2, 0.25) is 0 Å². The Bertz CT molecular complexity index is 378. The maximum Gasteiger partial charge on any atom is 0.0239 e. The average Bonchev–Trinajstić information content (AvgIpc) is 2.34. The summed E-state index contributed by atoms with van der Waals surface area (Å²) >= 11 is 2.07. The molecule has 1 unspecified atom stereocenters. The van der Waals surface area contributed by atoms with Gasteiger partial charge in [0, 0.05) is 37.2 Å². The topological polar surface area (TPSA) is 29.3 Å². The molecule has 0 spiro atoms. The third-order valence-corrected chi connectivity index (χ3v) is 4.71. The van der Waals surface area contributed by atoms with Crippen molar-refractivity contribution in [1.29, 1.82) is 0 Å². The largest absolute Gasteiger partial charge is 0.326 e. The molecule has 1 fully saturated rings. The number of aryl methyl sites for hydroxylation is 1. The van der Waals surface area contributed by atoms with Gasteiger partial charge in [0.25, 0.3) is 0 Å². The van der Waals surface area contributed by atoms with Crippen LogP contribution in [0.2, 0.25) is 0 Å². The average molecular weight is 250 g/mol. The van der Waals surface area contributed by atoms with E-state index in [1.54, 1.807) is 0 Å². The first-order chi connectivity index (χ1) is 8.20. The van der Waals surface area contributed by atoms with E-state index in [0.29, 0.717) is 12.6 Å². The number of hydrogen-bond acceptors (Lipinski definition) is 3. The fourth-order valence-corrected chi connectivity index (χ4v) is 3.36. The van der Waals surface area contributed by atoms with Crippen molar-refractivity contribution in [2.24, 2.45) is 5.73 Å². The highest BCUT2D eigenvalue weighted by atomic mass is 32.2. The van der Waals surface area contributed by atoms with Gasteiger partial charge in [-0.05, 0) is 30.5 Å². The molecule has 2 rings (SSSR count). The SMILES string of the molecule is Cc1cc(CN)ccc1CN1CCSCC1C. The van der Waals surface area contributed by atoms with Crippen molar-refractivity contribution >= 4 is 11.8 Å². The van der Waals surface area contributed by atoms with E-state index in [2.05, 4.69) is 48.7 Å². The van der Waals surface area contributed by atoms with Crippen LogP contribution in [-0.4, -0.2) is 29.0 Å². The molecular weight excluding hydrogens is 228 g/mol. The fourth-order valence-electron chi connectivity index (χ4n) is 2.28. The Kier molecular flexibility index (Phi) is 4.48. The van der Waals surface area contributed by atoms with Crippen molar-refractivity contribution in [1.82, 2.24) is 4.90 Å². The van der Waals surface area contributed by atoms with Crippen molar-refractivity contribution in [3.8, 4) is 0 Å². The Morgan fingerprint density at radius 3 is 2.94 bits per heavy atom. The Hall–Kier alpha value is -0.510. The molecule has 17 heavy (non-hydrogen) atoms. The zero-order chi connectivity index (χ0) is 12.3. The summed E-state index contributed by atoms with van der Waals surface area (Å²) < 4.78 is 0. The fraction of sp³-hybridized carbons (Fsp3) is 0.571. The molecule has 0 radical (unpaired) electrons. The molecule has 1 heterocycles. The van der Waals surface area contributed by atoms with Crippen LogP contribution in [0.5, 0.6) is 0 Å². The van der Waals surface area contributed by atoms with Gasteiger partial charge in [-0.1, -0.05) is 18.2 Å². The first kappa shape index (κ1) is 12.9. The van der Waals surface area contributed by atoms with E-state index in [1.807, 2.05) is 0 Å². The molecule has 2 N–H and O–H groups in total. The van der Waals surface area contributed by atoms with E-state index in [-0.39, 0.29) is 0 Å². The molecule has 0 amide bonds. The first-order valence-corrected chi connectivity index (χ1v) is 7.46. The Morgan fingerprint density at radius 2 is 2.29 bits per heavy atom. The second kappa shape index (κ2) is 5.89. The van der Waals surface area contributed by atoms with Gasteiger partial charge in [-0.25, -0.2) is 0 Å². The lowest BCUT2D eigenvalue weighted by molar-refractivity contribution is 0.223. The van der Waals surface area contributed by atoms with E-state index in [9.17, 15) is 0 Å². The van der Waals surface area contributed by atoms with Crippen LogP contribution < -0.4 is 5.73 Å². The highest BCUT2D eigenvalue weighted by Gasteiger charge is 2.18. The normalized spacial score (nSPS) is 21.7. The number of nitrogens with two attached hydrogens (primary N) is 1. The van der Waals surface area contributed by atoms with Gasteiger partial charge in [0.05, 0.1) is 0 Å². The van der Waals surface area contributed by atoms with Crippen LogP contribution in [-0.2, 0) is 13.1 Å². The maximum atomic E-state index is 5.66. The summed E-state index contributed by atoms with van der Waals surface area (Å²) in [5, 5.41) is 0. The highest BCUT2D eigenvalue weighted by Crippen LogP contribution is 2.20. The van der Waals surface area contributed by atoms with Gasteiger partial charge < -0.3 is 5.73 Å². The lowest BCUT2D eigenvalue weighted by atomic mass is 10.0. The van der Waals surface area contributed by atoms with Crippen LogP contribution in [0.3, 0.4) is 0 Å². The van der Waals surface area contributed by atoms with Crippen LogP contribution >= 0.6 is 11.8 Å². The third-order valence-electron chi connectivity index (χ3n) is 3.52. The zero-order valence-corrected chi connectivity index (χ0v) is 11.6. The minimum absolute atomic E-state index is 0.637. The van der Waals surface area contributed by atoms with E-state index in [1.165, 1.54) is 34.7 Å². The molecule has 1 aromatic carbocycles. The molecule has 0 bridgehead atoms. The number of thioether (sulfide) groups is 1. The number of hydrogen-bond donors (Lipinski definition) is 1. The van der Waals surface area contributed by atoms with Gasteiger partial charge in [-0.15, -0.1) is 0 Å². The van der Waals surface area contributed by atoms with E-state index >= 15 is 0 Å². The van der Waals surface area contributed by atoms with Crippen LogP contribution in [0.1, 0.15) is 23.6 Å². The summed E-state index contributed by atoms with van der Waals surface area (Å²) in [5.41, 5.74) is 9.71. The molecule has 0 aromatic heterocycles. The first-order valence-electron chi connectivity index (χ1n) is 6.31. The quantitative estimate of drug-likeness (QED) is 0.893. The molecule has 1 atom stereocenters. The molecule has 1 saturated heterocycles. The molecule has 1 aliphatic rings. The summed E-state index contributed by atoms with van der Waals surface area (Å²) in [6.07, 6.45) is 0. The summed E-state index contributed by atoms with van der Waals surface area (Å²) in [5.74, 6) is 2.53. The van der Waals surface area contributed by atoms with Gasteiger partial charge in [0.1, 0.15) is 0 Å². The van der Waals surface area contributed by atoms with Gasteiger partial charge in [0.15, 0.2) is 0 Å². The predicted molar refractivity (Wildman–Crippen MR) is 76.3 cm³/mol. The summed E-state index contributed by atoms with van der Waals surface area (Å²) in [4.78, 5) is 2.58. The molecule has 3 heteroatoms. The van der Waals surface area contributed by atoms with Crippen molar-refractivity contribution in [2.75, 3.05) is 18.1 Å². The summed E-state index contributed by atoms with van der Waals surface area (Å²) in [6, 6.07) is 7.32. The number of nitrogens with zero attached hydrogens (tertiary/aromatic N) is 1. The van der Waals surface area contributed by atoms with Crippen LogP contribution in [0.15, 0.2) is 18.2 Å². The molecular formula is C14H22N2S. The van der Waals surface area contributed by atoms with Gasteiger partial charge >= 0.3 is 0 Å². The predicted octanol–water partition coefficient (Wildman–Crippen LogP) is 2.39. The van der Waals surface area contributed by atoms with Gasteiger partial charge in [-0.2, -0.15) is 11.8 Å². The minimum Gasteiger partial charge on any atom is -0.326 e. The lowest BCUT2D eigenvalue weighted by Gasteiger charge is -2.33.